The maximum absolute atomic E-state index is 11.5. The maximum atomic E-state index is 11.5. The molecule has 0 saturated carbocycles. The van der Waals surface area contributed by atoms with Gasteiger partial charge in [-0.1, -0.05) is 46.3 Å². The van der Waals surface area contributed by atoms with Crippen molar-refractivity contribution >= 4 is 34.3 Å². The maximum Gasteiger partial charge on any atom is 0.322 e. The lowest BCUT2D eigenvalue weighted by atomic mass is 10.0. The Morgan fingerprint density at radius 1 is 1.20 bits per heavy atom. The van der Waals surface area contributed by atoms with Crippen molar-refractivity contribution in [2.24, 2.45) is 0 Å². The van der Waals surface area contributed by atoms with Gasteiger partial charge in [0.05, 0.1) is 19.8 Å². The quantitative estimate of drug-likeness (QED) is 0.735. The van der Waals surface area contributed by atoms with Crippen molar-refractivity contribution in [3.8, 4) is 11.1 Å². The molecule has 0 unspecified atom stereocenters. The topological polar surface area (TPSA) is 47.6 Å². The third-order valence-electron chi connectivity index (χ3n) is 4.15. The highest BCUT2D eigenvalue weighted by Crippen LogP contribution is 2.24. The van der Waals surface area contributed by atoms with E-state index in [4.69, 9.17) is 9.47 Å². The van der Waals surface area contributed by atoms with Crippen LogP contribution in [0.5, 0.6) is 0 Å². The highest BCUT2D eigenvalue weighted by atomic mass is 79.9. The summed E-state index contributed by atoms with van der Waals surface area (Å²) < 4.78 is 11.8. The molecule has 6 heteroatoms. The molecule has 0 bridgehead atoms. The molecular weight excluding hydrogens is 406 g/mol. The first kappa shape index (κ1) is 19.9. The van der Waals surface area contributed by atoms with Crippen LogP contribution in [0.3, 0.4) is 0 Å². The highest BCUT2D eigenvalue weighted by Gasteiger charge is 2.30. The molecular formula is C19H21BrClNO3. The predicted octanol–water partition coefficient (Wildman–Crippen LogP) is 3.96. The second-order valence-electron chi connectivity index (χ2n) is 5.86. The van der Waals surface area contributed by atoms with Gasteiger partial charge in [0.1, 0.15) is 6.04 Å². The molecule has 0 amide bonds. The zero-order valence-electron chi connectivity index (χ0n) is 13.9. The van der Waals surface area contributed by atoms with Crippen molar-refractivity contribution in [1.29, 1.82) is 0 Å². The summed E-state index contributed by atoms with van der Waals surface area (Å²) in [5, 5.41) is 3.13. The third kappa shape index (κ3) is 5.28. The fraction of sp³-hybridized carbons (Fsp3) is 0.316. The molecule has 1 N–H and O–H groups in total. The standard InChI is InChI=1S/C19H20BrNO3.ClH/c1-23-19(22)18-10-17(11-21-18)24-12-13-4-2-5-14(8-13)15-6-3-7-16(20)9-15;/h2-9,17-18,21H,10-12H2,1H3;1H/t17-,18+;/m1./s1. The summed E-state index contributed by atoms with van der Waals surface area (Å²) in [6.45, 7) is 1.20. The molecule has 2 aromatic rings. The number of hydrogen-bond acceptors (Lipinski definition) is 4. The van der Waals surface area contributed by atoms with E-state index in [9.17, 15) is 4.79 Å². The van der Waals surface area contributed by atoms with E-state index in [0.29, 0.717) is 19.6 Å². The van der Waals surface area contributed by atoms with Crippen LogP contribution in [0.1, 0.15) is 12.0 Å². The second kappa shape index (κ2) is 9.34. The molecule has 1 aliphatic rings. The molecule has 2 atom stereocenters. The molecule has 1 heterocycles. The van der Waals surface area contributed by atoms with Crippen LogP contribution in [0.25, 0.3) is 11.1 Å². The van der Waals surface area contributed by atoms with Crippen LogP contribution < -0.4 is 5.32 Å². The third-order valence-corrected chi connectivity index (χ3v) is 4.64. The van der Waals surface area contributed by atoms with Crippen molar-refractivity contribution < 1.29 is 14.3 Å². The summed E-state index contributed by atoms with van der Waals surface area (Å²) in [7, 11) is 1.41. The van der Waals surface area contributed by atoms with Crippen LogP contribution in [0.2, 0.25) is 0 Å². The normalized spacial score (nSPS) is 19.3. The first-order valence-electron chi connectivity index (χ1n) is 7.93. The summed E-state index contributed by atoms with van der Waals surface area (Å²) >= 11 is 3.51. The van der Waals surface area contributed by atoms with Crippen LogP contribution in [0.15, 0.2) is 53.0 Å². The van der Waals surface area contributed by atoms with Crippen LogP contribution >= 0.6 is 28.3 Å². The van der Waals surface area contributed by atoms with Gasteiger partial charge in [0.15, 0.2) is 0 Å². The van der Waals surface area contributed by atoms with Gasteiger partial charge in [-0.3, -0.25) is 4.79 Å². The number of benzene rings is 2. The molecule has 1 fully saturated rings. The van der Waals surface area contributed by atoms with Gasteiger partial charge in [0.25, 0.3) is 0 Å². The molecule has 1 saturated heterocycles. The van der Waals surface area contributed by atoms with Gasteiger partial charge in [0, 0.05) is 17.4 Å². The van der Waals surface area contributed by atoms with Crippen LogP contribution in [0.4, 0.5) is 0 Å². The Bertz CT molecular complexity index is 725. The van der Waals surface area contributed by atoms with Crippen molar-refractivity contribution in [3.05, 3.63) is 58.6 Å². The summed E-state index contributed by atoms with van der Waals surface area (Å²) in [6, 6.07) is 16.3. The van der Waals surface area contributed by atoms with Gasteiger partial charge in [-0.2, -0.15) is 0 Å². The van der Waals surface area contributed by atoms with Crippen molar-refractivity contribution in [2.75, 3.05) is 13.7 Å². The molecule has 0 aliphatic carbocycles. The zero-order chi connectivity index (χ0) is 16.9. The Morgan fingerprint density at radius 2 is 1.92 bits per heavy atom. The smallest absolute Gasteiger partial charge is 0.322 e. The number of nitrogens with one attached hydrogen (secondary N) is 1. The Labute approximate surface area is 162 Å². The zero-order valence-corrected chi connectivity index (χ0v) is 16.3. The molecule has 0 radical (unpaired) electrons. The molecule has 0 aromatic heterocycles. The number of ether oxygens (including phenoxy) is 2. The largest absolute Gasteiger partial charge is 0.468 e. The number of rotatable bonds is 5. The molecule has 0 spiro atoms. The Morgan fingerprint density at radius 3 is 2.64 bits per heavy atom. The van der Waals surface area contributed by atoms with Gasteiger partial charge in [0.2, 0.25) is 0 Å². The monoisotopic (exact) mass is 425 g/mol. The average Bonchev–Trinajstić information content (AvgIpc) is 3.08. The number of halogens is 2. The first-order chi connectivity index (χ1) is 11.7. The SMILES string of the molecule is COC(=O)[C@@H]1C[C@@H](OCc2cccc(-c3cccc(Br)c3)c2)CN1.Cl. The van der Waals surface area contributed by atoms with Crippen molar-refractivity contribution in [2.45, 2.75) is 25.2 Å². The minimum absolute atomic E-state index is 0. The number of hydrogen-bond donors (Lipinski definition) is 1. The summed E-state index contributed by atoms with van der Waals surface area (Å²) in [6.07, 6.45) is 0.682. The van der Waals surface area contributed by atoms with Crippen LogP contribution in [0, 0.1) is 0 Å². The Hall–Kier alpha value is -1.40. The summed E-state index contributed by atoms with van der Waals surface area (Å²) in [4.78, 5) is 11.5. The van der Waals surface area contributed by atoms with Crippen LogP contribution in [-0.2, 0) is 20.9 Å². The van der Waals surface area contributed by atoms with Crippen molar-refractivity contribution in [3.63, 3.8) is 0 Å². The lowest BCUT2D eigenvalue weighted by molar-refractivity contribution is -0.142. The molecule has 25 heavy (non-hydrogen) atoms. The van der Waals surface area contributed by atoms with E-state index in [1.807, 2.05) is 18.2 Å². The molecule has 2 aromatic carbocycles. The second-order valence-corrected chi connectivity index (χ2v) is 6.78. The van der Waals surface area contributed by atoms with E-state index in [1.165, 1.54) is 12.7 Å². The van der Waals surface area contributed by atoms with E-state index in [1.54, 1.807) is 0 Å². The minimum Gasteiger partial charge on any atom is -0.468 e. The average molecular weight is 427 g/mol. The van der Waals surface area contributed by atoms with E-state index in [2.05, 4.69) is 51.6 Å². The lowest BCUT2D eigenvalue weighted by Gasteiger charge is -2.12. The van der Waals surface area contributed by atoms with E-state index in [-0.39, 0.29) is 30.5 Å². The van der Waals surface area contributed by atoms with E-state index >= 15 is 0 Å². The molecule has 1 aliphatic heterocycles. The minimum atomic E-state index is -0.256. The van der Waals surface area contributed by atoms with E-state index < -0.39 is 0 Å². The molecule has 134 valence electrons. The predicted molar refractivity (Wildman–Crippen MR) is 104 cm³/mol. The van der Waals surface area contributed by atoms with Gasteiger partial charge in [-0.05, 0) is 34.9 Å². The van der Waals surface area contributed by atoms with Gasteiger partial charge < -0.3 is 14.8 Å². The van der Waals surface area contributed by atoms with E-state index in [0.717, 1.165) is 15.6 Å². The number of methoxy groups -OCH3 is 1. The summed E-state index contributed by atoms with van der Waals surface area (Å²) in [5.41, 5.74) is 3.45. The van der Waals surface area contributed by atoms with Gasteiger partial charge >= 0.3 is 5.97 Å². The Balaban J connectivity index is 0.00000225. The fourth-order valence-corrected chi connectivity index (χ4v) is 3.27. The van der Waals surface area contributed by atoms with Crippen LogP contribution in [-0.4, -0.2) is 31.8 Å². The number of carbonyl (C=O) groups is 1. The number of esters is 1. The lowest BCUT2D eigenvalue weighted by Crippen LogP contribution is -2.31. The highest BCUT2D eigenvalue weighted by molar-refractivity contribution is 9.10. The van der Waals surface area contributed by atoms with Crippen molar-refractivity contribution in [1.82, 2.24) is 5.32 Å². The van der Waals surface area contributed by atoms with Gasteiger partial charge in [-0.25, -0.2) is 0 Å². The Kier molecular flexibility index (Phi) is 7.44. The molecule has 3 rings (SSSR count). The molecule has 4 nitrogen and oxygen atoms in total. The number of carbonyl (C=O) groups excluding carboxylic acids is 1. The fourth-order valence-electron chi connectivity index (χ4n) is 2.87. The first-order valence-corrected chi connectivity index (χ1v) is 8.72. The van der Waals surface area contributed by atoms with Gasteiger partial charge in [-0.15, -0.1) is 12.4 Å². The summed E-state index contributed by atoms with van der Waals surface area (Å²) in [5.74, 6) is -0.224.